The third-order valence-corrected chi connectivity index (χ3v) is 9.48. The van der Waals surface area contributed by atoms with Crippen molar-refractivity contribution in [3.63, 3.8) is 0 Å². The van der Waals surface area contributed by atoms with E-state index in [1.165, 1.54) is 4.88 Å². The molecule has 0 unspecified atom stereocenters. The molecule has 3 heterocycles. The van der Waals surface area contributed by atoms with Gasteiger partial charge in [-0.25, -0.2) is 12.7 Å². The van der Waals surface area contributed by atoms with Gasteiger partial charge in [0.15, 0.2) is 0 Å². The number of nitrogens with two attached hydrogens (primary N) is 1. The number of carbonyl (C=O) groups excluding carboxylic acids is 1. The first-order valence-electron chi connectivity index (χ1n) is 11.6. The standard InChI is InChI=1S/C24H32N4O4S2/c1-3-34(30,31)28-9-6-16(7-10-28)21-15-27-23-19(21)12-17(13-20(23)24(25)29)22-5-4-18(33-22)14-26-8-11-32-2/h4-5,12-13,15-16,26-27H,3,6-11,14H2,1-2H3,(H2,25,29). The Balaban J connectivity index is 1.62. The molecule has 3 aromatic rings. The van der Waals surface area contributed by atoms with Crippen LogP contribution in [0.4, 0.5) is 0 Å². The summed E-state index contributed by atoms with van der Waals surface area (Å²) >= 11 is 1.68. The van der Waals surface area contributed by atoms with Crippen LogP contribution in [0.15, 0.2) is 30.5 Å². The van der Waals surface area contributed by atoms with Crippen molar-refractivity contribution < 1.29 is 17.9 Å². The number of benzene rings is 1. The van der Waals surface area contributed by atoms with E-state index in [1.54, 1.807) is 29.7 Å². The molecule has 1 saturated heterocycles. The predicted octanol–water partition coefficient (Wildman–Crippen LogP) is 3.26. The average molecular weight is 505 g/mol. The normalized spacial score (nSPS) is 15.8. The maximum Gasteiger partial charge on any atom is 0.250 e. The van der Waals surface area contributed by atoms with Gasteiger partial charge in [-0.05, 0) is 61.1 Å². The summed E-state index contributed by atoms with van der Waals surface area (Å²) in [5, 5.41) is 4.34. The Hall–Kier alpha value is -2.24. The summed E-state index contributed by atoms with van der Waals surface area (Å²) in [5.74, 6) is -0.125. The second-order valence-electron chi connectivity index (χ2n) is 8.56. The van der Waals surface area contributed by atoms with Crippen molar-refractivity contribution in [1.29, 1.82) is 0 Å². The summed E-state index contributed by atoms with van der Waals surface area (Å²) in [6.07, 6.45) is 3.45. The molecule has 1 amide bonds. The number of sulfonamides is 1. The minimum atomic E-state index is -3.17. The van der Waals surface area contributed by atoms with Gasteiger partial charge in [0.05, 0.1) is 23.4 Å². The zero-order valence-corrected chi connectivity index (χ0v) is 21.2. The van der Waals surface area contributed by atoms with Crippen LogP contribution in [0.2, 0.25) is 0 Å². The molecule has 4 rings (SSSR count). The van der Waals surface area contributed by atoms with E-state index in [-0.39, 0.29) is 11.7 Å². The lowest BCUT2D eigenvalue weighted by Gasteiger charge is -2.31. The molecule has 0 aliphatic carbocycles. The molecule has 1 aliphatic heterocycles. The molecule has 0 radical (unpaired) electrons. The van der Waals surface area contributed by atoms with Gasteiger partial charge in [0, 0.05) is 54.6 Å². The highest BCUT2D eigenvalue weighted by molar-refractivity contribution is 7.89. The number of methoxy groups -OCH3 is 1. The van der Waals surface area contributed by atoms with Crippen LogP contribution < -0.4 is 11.1 Å². The third kappa shape index (κ3) is 5.21. The fourth-order valence-electron chi connectivity index (χ4n) is 4.57. The van der Waals surface area contributed by atoms with Crippen LogP contribution in [-0.4, -0.2) is 62.7 Å². The Bertz CT molecular complexity index is 1260. The summed E-state index contributed by atoms with van der Waals surface area (Å²) in [5.41, 5.74) is 9.03. The Labute approximate surface area is 204 Å². The highest BCUT2D eigenvalue weighted by Crippen LogP contribution is 2.38. The van der Waals surface area contributed by atoms with Crippen molar-refractivity contribution in [2.24, 2.45) is 5.73 Å². The lowest BCUT2D eigenvalue weighted by atomic mass is 9.89. The number of ether oxygens (including phenoxy) is 1. The van der Waals surface area contributed by atoms with Crippen molar-refractivity contribution in [2.45, 2.75) is 32.2 Å². The topological polar surface area (TPSA) is 118 Å². The zero-order chi connectivity index (χ0) is 24.3. The van der Waals surface area contributed by atoms with E-state index in [2.05, 4.69) is 28.5 Å². The molecule has 1 aromatic carbocycles. The largest absolute Gasteiger partial charge is 0.383 e. The number of hydrogen-bond donors (Lipinski definition) is 3. The molecule has 0 bridgehead atoms. The van der Waals surface area contributed by atoms with Crippen molar-refractivity contribution in [3.8, 4) is 10.4 Å². The maximum absolute atomic E-state index is 12.3. The van der Waals surface area contributed by atoms with Crippen molar-refractivity contribution in [3.05, 3.63) is 46.5 Å². The monoisotopic (exact) mass is 504 g/mol. The van der Waals surface area contributed by atoms with Gasteiger partial charge in [0.25, 0.3) is 5.91 Å². The number of thiophene rings is 1. The minimum absolute atomic E-state index is 0.126. The van der Waals surface area contributed by atoms with Crippen LogP contribution in [-0.2, 0) is 21.3 Å². The summed E-state index contributed by atoms with van der Waals surface area (Å²) in [6.45, 7) is 4.91. The Kier molecular flexibility index (Phi) is 7.73. The second kappa shape index (κ2) is 10.6. The van der Waals surface area contributed by atoms with Gasteiger partial charge in [-0.15, -0.1) is 11.3 Å². The number of nitrogens with zero attached hydrogens (tertiary/aromatic N) is 1. The molecule has 8 nitrogen and oxygen atoms in total. The number of hydrogen-bond acceptors (Lipinski definition) is 6. The van der Waals surface area contributed by atoms with Crippen LogP contribution in [0.5, 0.6) is 0 Å². The molecule has 34 heavy (non-hydrogen) atoms. The first kappa shape index (κ1) is 24.9. The van der Waals surface area contributed by atoms with Crippen LogP contribution in [0.3, 0.4) is 0 Å². The first-order valence-corrected chi connectivity index (χ1v) is 14.0. The molecule has 1 fully saturated rings. The molecule has 4 N–H and O–H groups in total. The SMILES string of the molecule is CCS(=O)(=O)N1CCC(c2c[nH]c3c(C(N)=O)cc(-c4ccc(CNCCOC)s4)cc23)CC1. The molecule has 0 spiro atoms. The number of rotatable bonds is 10. The summed E-state index contributed by atoms with van der Waals surface area (Å²) in [4.78, 5) is 17.8. The van der Waals surface area contributed by atoms with E-state index in [0.29, 0.717) is 25.3 Å². The van der Waals surface area contributed by atoms with Gasteiger partial charge in [0.1, 0.15) is 0 Å². The van der Waals surface area contributed by atoms with Crippen molar-refractivity contribution in [2.75, 3.05) is 39.1 Å². The molecular weight excluding hydrogens is 472 g/mol. The summed E-state index contributed by atoms with van der Waals surface area (Å²) in [7, 11) is -1.49. The van der Waals surface area contributed by atoms with Crippen LogP contribution in [0.25, 0.3) is 21.3 Å². The lowest BCUT2D eigenvalue weighted by Crippen LogP contribution is -2.38. The number of nitrogens with one attached hydrogen (secondary N) is 2. The maximum atomic E-state index is 12.3. The van der Waals surface area contributed by atoms with Crippen LogP contribution >= 0.6 is 11.3 Å². The van der Waals surface area contributed by atoms with Crippen molar-refractivity contribution >= 4 is 38.2 Å². The number of carbonyl (C=O) groups is 1. The fraction of sp³-hybridized carbons (Fsp3) is 0.458. The number of H-pyrrole nitrogens is 1. The first-order chi connectivity index (χ1) is 16.3. The van der Waals surface area contributed by atoms with Gasteiger partial charge < -0.3 is 20.8 Å². The number of amides is 1. The van der Waals surface area contributed by atoms with Gasteiger partial charge in [-0.2, -0.15) is 0 Å². The Morgan fingerprint density at radius 3 is 2.74 bits per heavy atom. The number of piperidine rings is 1. The molecule has 1 aliphatic rings. The Morgan fingerprint density at radius 1 is 1.29 bits per heavy atom. The minimum Gasteiger partial charge on any atom is -0.383 e. The van der Waals surface area contributed by atoms with E-state index in [1.807, 2.05) is 12.3 Å². The predicted molar refractivity (Wildman–Crippen MR) is 137 cm³/mol. The van der Waals surface area contributed by atoms with Gasteiger partial charge in [0.2, 0.25) is 10.0 Å². The molecular formula is C24H32N4O4S2. The smallest absolute Gasteiger partial charge is 0.250 e. The highest BCUT2D eigenvalue weighted by Gasteiger charge is 2.29. The zero-order valence-electron chi connectivity index (χ0n) is 19.6. The molecule has 2 aromatic heterocycles. The number of fused-ring (bicyclic) bond motifs is 1. The quantitative estimate of drug-likeness (QED) is 0.366. The van der Waals surface area contributed by atoms with E-state index in [0.717, 1.165) is 52.8 Å². The molecule has 10 heteroatoms. The summed E-state index contributed by atoms with van der Waals surface area (Å²) in [6, 6.07) is 8.15. The van der Waals surface area contributed by atoms with E-state index < -0.39 is 15.9 Å². The lowest BCUT2D eigenvalue weighted by molar-refractivity contribution is 0.100. The summed E-state index contributed by atoms with van der Waals surface area (Å²) < 4.78 is 31.1. The fourth-order valence-corrected chi connectivity index (χ4v) is 6.67. The van der Waals surface area contributed by atoms with Gasteiger partial charge in [-0.1, -0.05) is 0 Å². The van der Waals surface area contributed by atoms with Gasteiger partial charge in [-0.3, -0.25) is 4.79 Å². The third-order valence-electron chi connectivity index (χ3n) is 6.47. The van der Waals surface area contributed by atoms with Crippen LogP contribution in [0, 0.1) is 0 Å². The number of aromatic nitrogens is 1. The molecule has 184 valence electrons. The number of primary amides is 1. The second-order valence-corrected chi connectivity index (χ2v) is 12.0. The average Bonchev–Trinajstić information content (AvgIpc) is 3.48. The van der Waals surface area contributed by atoms with E-state index in [9.17, 15) is 13.2 Å². The highest BCUT2D eigenvalue weighted by atomic mass is 32.2. The van der Waals surface area contributed by atoms with Gasteiger partial charge >= 0.3 is 0 Å². The molecule has 0 saturated carbocycles. The van der Waals surface area contributed by atoms with E-state index >= 15 is 0 Å². The van der Waals surface area contributed by atoms with E-state index in [4.69, 9.17) is 10.5 Å². The number of aromatic amines is 1. The molecule has 0 atom stereocenters. The van der Waals surface area contributed by atoms with Crippen molar-refractivity contribution in [1.82, 2.24) is 14.6 Å². The van der Waals surface area contributed by atoms with Crippen LogP contribution in [0.1, 0.15) is 46.5 Å². The Morgan fingerprint density at radius 2 is 2.06 bits per heavy atom.